The lowest BCUT2D eigenvalue weighted by molar-refractivity contribution is 0.104. The molecule has 2 aromatic rings. The number of anilines is 1. The first kappa shape index (κ1) is 11.2. The number of benzene rings is 1. The highest BCUT2D eigenvalue weighted by Gasteiger charge is 2.15. The maximum atomic E-state index is 12.1. The Bertz CT molecular complexity index is 548. The molecule has 2 rings (SSSR count). The van der Waals surface area contributed by atoms with Gasteiger partial charge in [0.15, 0.2) is 0 Å². The molecule has 0 amide bonds. The standard InChI is InChI=1S/C12H10ClNOS/c1-7-4-5-16-12(7)11(15)9-3-2-8(13)6-10(9)14/h2-6H,14H2,1H3. The second-order valence-electron chi connectivity index (χ2n) is 3.49. The topological polar surface area (TPSA) is 43.1 Å². The number of ketones is 1. The molecule has 2 nitrogen and oxygen atoms in total. The number of nitrogen functional groups attached to an aromatic ring is 1. The number of aryl methyl sites for hydroxylation is 1. The van der Waals surface area contributed by atoms with Crippen molar-refractivity contribution in [2.24, 2.45) is 0 Å². The van der Waals surface area contributed by atoms with Gasteiger partial charge in [-0.2, -0.15) is 0 Å². The molecule has 0 aliphatic carbocycles. The maximum absolute atomic E-state index is 12.1. The van der Waals surface area contributed by atoms with E-state index in [0.717, 1.165) is 10.4 Å². The molecule has 4 heteroatoms. The van der Waals surface area contributed by atoms with Crippen LogP contribution >= 0.6 is 22.9 Å². The van der Waals surface area contributed by atoms with Crippen LogP contribution in [0, 0.1) is 6.92 Å². The van der Waals surface area contributed by atoms with Crippen LogP contribution in [0.25, 0.3) is 0 Å². The van der Waals surface area contributed by atoms with Crippen LogP contribution < -0.4 is 5.73 Å². The van der Waals surface area contributed by atoms with Gasteiger partial charge < -0.3 is 5.73 Å². The zero-order valence-corrected chi connectivity index (χ0v) is 10.2. The summed E-state index contributed by atoms with van der Waals surface area (Å²) in [6.45, 7) is 1.91. The van der Waals surface area contributed by atoms with Crippen molar-refractivity contribution in [1.82, 2.24) is 0 Å². The van der Waals surface area contributed by atoms with Gasteiger partial charge in [0.05, 0.1) is 4.88 Å². The summed E-state index contributed by atoms with van der Waals surface area (Å²) in [6.07, 6.45) is 0. The van der Waals surface area contributed by atoms with Crippen LogP contribution in [0.3, 0.4) is 0 Å². The molecule has 0 saturated heterocycles. The van der Waals surface area contributed by atoms with Gasteiger partial charge in [0, 0.05) is 16.3 Å². The Morgan fingerprint density at radius 2 is 2.12 bits per heavy atom. The second kappa shape index (κ2) is 4.28. The van der Waals surface area contributed by atoms with Gasteiger partial charge in [-0.15, -0.1) is 11.3 Å². The summed E-state index contributed by atoms with van der Waals surface area (Å²) < 4.78 is 0. The monoisotopic (exact) mass is 251 g/mol. The molecule has 0 saturated carbocycles. The lowest BCUT2D eigenvalue weighted by Gasteiger charge is -2.04. The van der Waals surface area contributed by atoms with Gasteiger partial charge in [0.25, 0.3) is 0 Å². The number of hydrogen-bond donors (Lipinski definition) is 1. The SMILES string of the molecule is Cc1ccsc1C(=O)c1ccc(Cl)cc1N. The first-order valence-electron chi connectivity index (χ1n) is 4.73. The molecule has 1 heterocycles. The minimum Gasteiger partial charge on any atom is -0.398 e. The highest BCUT2D eigenvalue weighted by Crippen LogP contribution is 2.25. The molecule has 0 aliphatic rings. The number of halogens is 1. The number of carbonyl (C=O) groups is 1. The zero-order valence-electron chi connectivity index (χ0n) is 8.66. The van der Waals surface area contributed by atoms with Crippen LogP contribution in [-0.2, 0) is 0 Å². The van der Waals surface area contributed by atoms with Crippen molar-refractivity contribution in [2.75, 3.05) is 5.73 Å². The van der Waals surface area contributed by atoms with Gasteiger partial charge in [-0.1, -0.05) is 11.6 Å². The first-order chi connectivity index (χ1) is 7.59. The van der Waals surface area contributed by atoms with E-state index in [1.165, 1.54) is 11.3 Å². The molecule has 0 radical (unpaired) electrons. The van der Waals surface area contributed by atoms with E-state index in [4.69, 9.17) is 17.3 Å². The smallest absolute Gasteiger partial charge is 0.205 e. The molecule has 1 aromatic carbocycles. The van der Waals surface area contributed by atoms with E-state index in [1.807, 2.05) is 18.4 Å². The number of thiophene rings is 1. The highest BCUT2D eigenvalue weighted by atomic mass is 35.5. The van der Waals surface area contributed by atoms with Crippen LogP contribution in [0.15, 0.2) is 29.6 Å². The van der Waals surface area contributed by atoms with E-state index in [-0.39, 0.29) is 5.78 Å². The Kier molecular flexibility index (Phi) is 2.99. The average Bonchev–Trinajstić information content (AvgIpc) is 2.63. The third-order valence-corrected chi connectivity index (χ3v) is 3.58. The van der Waals surface area contributed by atoms with Gasteiger partial charge in [0.2, 0.25) is 5.78 Å². The fraction of sp³-hybridized carbons (Fsp3) is 0.0833. The molecule has 0 fully saturated rings. The van der Waals surface area contributed by atoms with E-state index in [1.54, 1.807) is 18.2 Å². The molecular weight excluding hydrogens is 242 g/mol. The maximum Gasteiger partial charge on any atom is 0.205 e. The van der Waals surface area contributed by atoms with Crippen molar-refractivity contribution in [3.63, 3.8) is 0 Å². The number of rotatable bonds is 2. The fourth-order valence-corrected chi connectivity index (χ4v) is 2.53. The quantitative estimate of drug-likeness (QED) is 0.656. The van der Waals surface area contributed by atoms with Gasteiger partial charge in [0.1, 0.15) is 0 Å². The molecule has 0 atom stereocenters. The minimum absolute atomic E-state index is 0.0401. The highest BCUT2D eigenvalue weighted by molar-refractivity contribution is 7.12. The van der Waals surface area contributed by atoms with Crippen molar-refractivity contribution in [3.8, 4) is 0 Å². The molecule has 0 bridgehead atoms. The number of hydrogen-bond acceptors (Lipinski definition) is 3. The Morgan fingerprint density at radius 3 is 2.69 bits per heavy atom. The van der Waals surface area contributed by atoms with E-state index in [9.17, 15) is 4.79 Å². The Labute approximate surface area is 103 Å². The van der Waals surface area contributed by atoms with E-state index in [0.29, 0.717) is 16.3 Å². The van der Waals surface area contributed by atoms with Gasteiger partial charge in [-0.25, -0.2) is 0 Å². The fourth-order valence-electron chi connectivity index (χ4n) is 1.47. The molecule has 0 unspecified atom stereocenters. The third kappa shape index (κ3) is 1.96. The summed E-state index contributed by atoms with van der Waals surface area (Å²) in [6, 6.07) is 6.86. The largest absolute Gasteiger partial charge is 0.398 e. The molecule has 16 heavy (non-hydrogen) atoms. The second-order valence-corrected chi connectivity index (χ2v) is 4.85. The van der Waals surface area contributed by atoms with Gasteiger partial charge in [-0.3, -0.25) is 4.79 Å². The van der Waals surface area contributed by atoms with Gasteiger partial charge in [-0.05, 0) is 42.1 Å². The number of carbonyl (C=O) groups excluding carboxylic acids is 1. The Balaban J connectivity index is 2.46. The van der Waals surface area contributed by atoms with Crippen LogP contribution in [0.2, 0.25) is 5.02 Å². The van der Waals surface area contributed by atoms with Crippen molar-refractivity contribution in [2.45, 2.75) is 6.92 Å². The van der Waals surface area contributed by atoms with E-state index >= 15 is 0 Å². The molecule has 0 aliphatic heterocycles. The predicted octanol–water partition coefficient (Wildman–Crippen LogP) is 3.52. The molecular formula is C12H10ClNOS. The summed E-state index contributed by atoms with van der Waals surface area (Å²) in [5.74, 6) is -0.0401. The molecule has 2 N–H and O–H groups in total. The summed E-state index contributed by atoms with van der Waals surface area (Å²) in [5.41, 5.74) is 7.68. The summed E-state index contributed by atoms with van der Waals surface area (Å²) >= 11 is 7.22. The van der Waals surface area contributed by atoms with Crippen molar-refractivity contribution < 1.29 is 4.79 Å². The lowest BCUT2D eigenvalue weighted by atomic mass is 10.1. The number of nitrogens with two attached hydrogens (primary N) is 1. The van der Waals surface area contributed by atoms with E-state index in [2.05, 4.69) is 0 Å². The van der Waals surface area contributed by atoms with Crippen LogP contribution in [0.1, 0.15) is 20.8 Å². The summed E-state index contributed by atoms with van der Waals surface area (Å²) in [5, 5.41) is 2.44. The van der Waals surface area contributed by atoms with Crippen LogP contribution in [0.4, 0.5) is 5.69 Å². The van der Waals surface area contributed by atoms with Crippen molar-refractivity contribution in [3.05, 3.63) is 50.7 Å². The average molecular weight is 252 g/mol. The van der Waals surface area contributed by atoms with E-state index < -0.39 is 0 Å². The normalized spacial score (nSPS) is 10.4. The van der Waals surface area contributed by atoms with Crippen LogP contribution in [-0.4, -0.2) is 5.78 Å². The third-order valence-electron chi connectivity index (χ3n) is 2.33. The van der Waals surface area contributed by atoms with Crippen LogP contribution in [0.5, 0.6) is 0 Å². The molecule has 1 aromatic heterocycles. The van der Waals surface area contributed by atoms with Crippen molar-refractivity contribution >= 4 is 34.4 Å². The zero-order chi connectivity index (χ0) is 11.7. The molecule has 0 spiro atoms. The Hall–Kier alpha value is -1.32. The minimum atomic E-state index is -0.0401. The Morgan fingerprint density at radius 1 is 1.38 bits per heavy atom. The van der Waals surface area contributed by atoms with Crippen molar-refractivity contribution in [1.29, 1.82) is 0 Å². The molecule has 82 valence electrons. The predicted molar refractivity (Wildman–Crippen MR) is 68.4 cm³/mol. The van der Waals surface area contributed by atoms with Gasteiger partial charge >= 0.3 is 0 Å². The first-order valence-corrected chi connectivity index (χ1v) is 5.99. The lowest BCUT2D eigenvalue weighted by Crippen LogP contribution is -2.04. The summed E-state index contributed by atoms with van der Waals surface area (Å²) in [4.78, 5) is 12.9. The summed E-state index contributed by atoms with van der Waals surface area (Å²) in [7, 11) is 0.